The first-order valence-corrected chi connectivity index (χ1v) is 25.9. The monoisotopic (exact) mass is 828 g/mol. The van der Waals surface area contributed by atoms with Crippen molar-refractivity contribution < 1.29 is 9.47 Å². The standard InChI is InChI=1S/C50H68O2S4/c1-7-11-15-17-21-35(19-13-9-3)31-51-45-41-28-34(6)54-49(41)46(52-32-36(20-14-10-4)22-18-16-12-8-2)42-30-44(56-50(42)45)43-29-38-24-26-40(48(38)55-43)39-25-23-37-27-33(5)53-47(37)39/h27-30,35-36H,7-26,31-32H2,1-6H3/b40-39+. The van der Waals surface area contributed by atoms with Gasteiger partial charge in [-0.15, -0.1) is 45.3 Å². The summed E-state index contributed by atoms with van der Waals surface area (Å²) in [5.41, 5.74) is 6.41. The Morgan fingerprint density at radius 2 is 0.964 bits per heavy atom. The Balaban J connectivity index is 1.26. The van der Waals surface area contributed by atoms with Gasteiger partial charge in [0.05, 0.1) is 22.6 Å². The van der Waals surface area contributed by atoms with E-state index >= 15 is 0 Å². The van der Waals surface area contributed by atoms with Gasteiger partial charge in [-0.2, -0.15) is 0 Å². The van der Waals surface area contributed by atoms with E-state index in [4.69, 9.17) is 9.47 Å². The second-order valence-electron chi connectivity index (χ2n) is 17.1. The summed E-state index contributed by atoms with van der Waals surface area (Å²) < 4.78 is 16.9. The van der Waals surface area contributed by atoms with Crippen molar-refractivity contribution in [2.75, 3.05) is 13.2 Å². The molecule has 0 aliphatic heterocycles. The minimum Gasteiger partial charge on any atom is -0.491 e. The normalized spacial score (nSPS) is 16.3. The van der Waals surface area contributed by atoms with E-state index < -0.39 is 0 Å². The molecule has 0 radical (unpaired) electrons. The summed E-state index contributed by atoms with van der Waals surface area (Å²) in [6.07, 6.45) is 25.5. The number of rotatable bonds is 23. The second-order valence-corrected chi connectivity index (χ2v) is 21.7. The number of allylic oxidation sites excluding steroid dienone is 2. The van der Waals surface area contributed by atoms with Crippen LogP contribution in [-0.4, -0.2) is 13.2 Å². The maximum atomic E-state index is 7.16. The first-order chi connectivity index (χ1) is 27.4. The summed E-state index contributed by atoms with van der Waals surface area (Å²) in [7, 11) is 0. The van der Waals surface area contributed by atoms with Crippen LogP contribution in [0.3, 0.4) is 0 Å². The first kappa shape index (κ1) is 42.0. The van der Waals surface area contributed by atoms with Gasteiger partial charge < -0.3 is 9.47 Å². The van der Waals surface area contributed by atoms with Gasteiger partial charge in [-0.05, 0) is 124 Å². The lowest BCUT2D eigenvalue weighted by atomic mass is 9.96. The third-order valence-electron chi connectivity index (χ3n) is 12.5. The van der Waals surface area contributed by atoms with E-state index in [-0.39, 0.29) is 0 Å². The molecular formula is C50H68O2S4. The Labute approximate surface area is 355 Å². The van der Waals surface area contributed by atoms with Crippen molar-refractivity contribution in [3.8, 4) is 21.3 Å². The molecule has 0 bridgehead atoms. The van der Waals surface area contributed by atoms with Gasteiger partial charge in [-0.1, -0.05) is 105 Å². The van der Waals surface area contributed by atoms with Crippen molar-refractivity contribution in [2.24, 2.45) is 11.8 Å². The molecule has 56 heavy (non-hydrogen) atoms. The van der Waals surface area contributed by atoms with Crippen molar-refractivity contribution >= 4 is 76.7 Å². The van der Waals surface area contributed by atoms with Crippen molar-refractivity contribution in [3.63, 3.8) is 0 Å². The molecular weight excluding hydrogens is 761 g/mol. The van der Waals surface area contributed by atoms with Gasteiger partial charge in [0.2, 0.25) is 0 Å². The Morgan fingerprint density at radius 1 is 0.482 bits per heavy atom. The fourth-order valence-corrected chi connectivity index (χ4v) is 14.0. The van der Waals surface area contributed by atoms with E-state index in [2.05, 4.69) is 65.8 Å². The van der Waals surface area contributed by atoms with Gasteiger partial charge >= 0.3 is 0 Å². The quantitative estimate of drug-likeness (QED) is 0.0611. The van der Waals surface area contributed by atoms with Crippen LogP contribution in [0.5, 0.6) is 11.5 Å². The van der Waals surface area contributed by atoms with Gasteiger partial charge in [0, 0.05) is 40.0 Å². The van der Waals surface area contributed by atoms with E-state index in [0.29, 0.717) is 11.8 Å². The Bertz CT molecular complexity index is 1980. The topological polar surface area (TPSA) is 18.5 Å². The Morgan fingerprint density at radius 3 is 1.55 bits per heavy atom. The maximum absolute atomic E-state index is 7.16. The van der Waals surface area contributed by atoms with E-state index in [1.54, 1.807) is 32.0 Å². The molecule has 0 fully saturated rings. The van der Waals surface area contributed by atoms with Gasteiger partial charge in [0.15, 0.2) is 0 Å². The number of hydrogen-bond donors (Lipinski definition) is 0. The lowest BCUT2D eigenvalue weighted by Gasteiger charge is -2.21. The van der Waals surface area contributed by atoms with E-state index in [0.717, 1.165) is 24.7 Å². The fraction of sp³-hybridized carbons (Fsp3) is 0.600. The highest BCUT2D eigenvalue weighted by Gasteiger charge is 2.30. The number of ether oxygens (including phenoxy) is 2. The van der Waals surface area contributed by atoms with Crippen LogP contribution in [0.25, 0.3) is 41.1 Å². The zero-order valence-corrected chi connectivity index (χ0v) is 38.7. The summed E-state index contributed by atoms with van der Waals surface area (Å²) in [4.78, 5) is 8.71. The molecule has 4 heterocycles. The molecule has 0 N–H and O–H groups in total. The molecule has 304 valence electrons. The van der Waals surface area contributed by atoms with Crippen LogP contribution in [-0.2, 0) is 12.8 Å². The molecule has 1 aromatic carbocycles. The van der Waals surface area contributed by atoms with Crippen molar-refractivity contribution in [1.29, 1.82) is 0 Å². The molecule has 7 rings (SSSR count). The van der Waals surface area contributed by atoms with E-state index in [9.17, 15) is 0 Å². The predicted octanol–water partition coefficient (Wildman–Crippen LogP) is 17.6. The number of benzene rings is 1. The van der Waals surface area contributed by atoms with E-state index in [1.165, 1.54) is 168 Å². The lowest BCUT2D eigenvalue weighted by Crippen LogP contribution is -2.14. The third-order valence-corrected chi connectivity index (χ3v) is 17.2. The molecule has 2 aliphatic carbocycles. The van der Waals surface area contributed by atoms with Crippen LogP contribution in [0.1, 0.15) is 174 Å². The first-order valence-electron chi connectivity index (χ1n) is 22.6. The molecule has 2 unspecified atom stereocenters. The van der Waals surface area contributed by atoms with E-state index in [1.807, 2.05) is 45.3 Å². The number of fused-ring (bicyclic) bond motifs is 4. The van der Waals surface area contributed by atoms with Crippen molar-refractivity contribution in [1.82, 2.24) is 0 Å². The molecule has 0 amide bonds. The van der Waals surface area contributed by atoms with Crippen LogP contribution < -0.4 is 9.47 Å². The van der Waals surface area contributed by atoms with Gasteiger partial charge in [-0.3, -0.25) is 0 Å². The summed E-state index contributed by atoms with van der Waals surface area (Å²) >= 11 is 7.92. The van der Waals surface area contributed by atoms with Crippen molar-refractivity contribution in [3.05, 3.63) is 54.9 Å². The highest BCUT2D eigenvalue weighted by Crippen LogP contribution is 2.54. The van der Waals surface area contributed by atoms with Gasteiger partial charge in [0.25, 0.3) is 0 Å². The smallest absolute Gasteiger partial charge is 0.146 e. The summed E-state index contributed by atoms with van der Waals surface area (Å²) in [5.74, 6) is 3.43. The number of hydrogen-bond acceptors (Lipinski definition) is 6. The average molecular weight is 829 g/mol. The van der Waals surface area contributed by atoms with Crippen LogP contribution in [0.2, 0.25) is 0 Å². The van der Waals surface area contributed by atoms with Gasteiger partial charge in [-0.25, -0.2) is 0 Å². The molecule has 0 spiro atoms. The van der Waals surface area contributed by atoms with Crippen molar-refractivity contribution in [2.45, 2.75) is 170 Å². The Kier molecular flexibility index (Phi) is 15.2. The Hall–Kier alpha value is -2.12. The molecule has 4 aromatic heterocycles. The summed E-state index contributed by atoms with van der Waals surface area (Å²) in [6.45, 7) is 15.4. The molecule has 5 aromatic rings. The third kappa shape index (κ3) is 9.67. The van der Waals surface area contributed by atoms with Crippen LogP contribution in [0.4, 0.5) is 0 Å². The number of unbranched alkanes of at least 4 members (excludes halogenated alkanes) is 8. The predicted molar refractivity (Wildman–Crippen MR) is 252 cm³/mol. The summed E-state index contributed by atoms with van der Waals surface area (Å²) in [6, 6.07) is 9.85. The molecule has 2 atom stereocenters. The molecule has 6 heteroatoms. The minimum absolute atomic E-state index is 0.606. The molecule has 0 saturated carbocycles. The number of aryl methyl sites for hydroxylation is 4. The summed E-state index contributed by atoms with van der Waals surface area (Å²) in [5, 5.41) is 2.53. The molecule has 0 saturated heterocycles. The zero-order valence-electron chi connectivity index (χ0n) is 35.5. The SMILES string of the molecule is CCCCCCC(CCCC)COc1c2cc(-c3cc4c(s3)/C(=C3\CCc5cc(C)sc53)CC4)sc2c(OCC(CCCC)CCCCCC)c2cc(C)sc12. The lowest BCUT2D eigenvalue weighted by molar-refractivity contribution is 0.227. The van der Waals surface area contributed by atoms with Gasteiger partial charge in [0.1, 0.15) is 11.5 Å². The maximum Gasteiger partial charge on any atom is 0.146 e. The second kappa shape index (κ2) is 20.2. The van der Waals surface area contributed by atoms with Crippen LogP contribution in [0, 0.1) is 25.7 Å². The molecule has 2 aliphatic rings. The van der Waals surface area contributed by atoms with Crippen LogP contribution >= 0.6 is 45.3 Å². The average Bonchev–Trinajstić information content (AvgIpc) is 4.04. The van der Waals surface area contributed by atoms with Crippen LogP contribution in [0.15, 0.2) is 24.3 Å². The fourth-order valence-electron chi connectivity index (χ4n) is 9.28. The zero-order chi connectivity index (χ0) is 39.0. The molecule has 2 nitrogen and oxygen atoms in total. The highest BCUT2D eigenvalue weighted by atomic mass is 32.1. The number of thiophene rings is 4. The highest BCUT2D eigenvalue weighted by molar-refractivity contribution is 7.27. The minimum atomic E-state index is 0.606. The largest absolute Gasteiger partial charge is 0.491 e.